The highest BCUT2D eigenvalue weighted by Crippen LogP contribution is 2.40. The van der Waals surface area contributed by atoms with E-state index >= 15 is 0 Å². The number of rotatable bonds is 3. The van der Waals surface area contributed by atoms with Gasteiger partial charge in [-0.25, -0.2) is 0 Å². The summed E-state index contributed by atoms with van der Waals surface area (Å²) >= 11 is 0. The molecule has 3 heterocycles. The van der Waals surface area contributed by atoms with Crippen molar-refractivity contribution >= 4 is 5.91 Å². The molecule has 4 rings (SSSR count). The van der Waals surface area contributed by atoms with Gasteiger partial charge in [-0.1, -0.05) is 5.16 Å². The van der Waals surface area contributed by atoms with Crippen LogP contribution in [0.1, 0.15) is 47.8 Å². The van der Waals surface area contributed by atoms with E-state index in [0.717, 1.165) is 51.3 Å². The SMILES string of the molecule is CN1CCC[C@H](N2CCN(C(=O)c3cc(C4CC4)on3)CC2)C1. The zero-order valence-corrected chi connectivity index (χ0v) is 13.9. The number of hydrogen-bond donors (Lipinski definition) is 0. The second kappa shape index (κ2) is 6.24. The van der Waals surface area contributed by atoms with Crippen molar-refractivity contribution in [3.8, 4) is 0 Å². The number of likely N-dealkylation sites (tertiary alicyclic amines) is 1. The van der Waals surface area contributed by atoms with Crippen LogP contribution in [0.15, 0.2) is 10.6 Å². The van der Waals surface area contributed by atoms with Gasteiger partial charge in [0.05, 0.1) is 0 Å². The van der Waals surface area contributed by atoms with Crippen molar-refractivity contribution in [2.45, 2.75) is 37.6 Å². The van der Waals surface area contributed by atoms with Crippen LogP contribution in [-0.4, -0.2) is 78.1 Å². The van der Waals surface area contributed by atoms with Gasteiger partial charge in [0.2, 0.25) is 0 Å². The maximum atomic E-state index is 12.6. The molecular formula is C17H26N4O2. The number of carbonyl (C=O) groups excluding carboxylic acids is 1. The molecular weight excluding hydrogens is 292 g/mol. The van der Waals surface area contributed by atoms with Crippen molar-refractivity contribution in [2.24, 2.45) is 0 Å². The Kier molecular flexibility index (Phi) is 4.11. The van der Waals surface area contributed by atoms with E-state index < -0.39 is 0 Å². The molecule has 0 bridgehead atoms. The van der Waals surface area contributed by atoms with Crippen molar-refractivity contribution < 1.29 is 9.32 Å². The van der Waals surface area contributed by atoms with Gasteiger partial charge < -0.3 is 14.3 Å². The molecule has 3 fully saturated rings. The summed E-state index contributed by atoms with van der Waals surface area (Å²) in [6, 6.07) is 2.50. The molecule has 1 atom stereocenters. The van der Waals surface area contributed by atoms with Gasteiger partial charge in [0.15, 0.2) is 5.69 Å². The molecule has 1 aliphatic carbocycles. The molecule has 3 aliphatic rings. The average molecular weight is 318 g/mol. The number of likely N-dealkylation sites (N-methyl/N-ethyl adjacent to an activating group) is 1. The van der Waals surface area contributed by atoms with Crippen LogP contribution >= 0.6 is 0 Å². The molecule has 1 aromatic heterocycles. The Balaban J connectivity index is 1.32. The monoisotopic (exact) mass is 318 g/mol. The lowest BCUT2D eigenvalue weighted by molar-refractivity contribution is 0.0445. The summed E-state index contributed by atoms with van der Waals surface area (Å²) in [5, 5.41) is 3.98. The molecule has 1 aromatic rings. The Hall–Kier alpha value is -1.40. The quantitative estimate of drug-likeness (QED) is 0.843. The first kappa shape index (κ1) is 15.1. The number of hydrogen-bond acceptors (Lipinski definition) is 5. The highest BCUT2D eigenvalue weighted by atomic mass is 16.5. The number of amides is 1. The molecule has 6 nitrogen and oxygen atoms in total. The first-order chi connectivity index (χ1) is 11.2. The molecule has 0 N–H and O–H groups in total. The largest absolute Gasteiger partial charge is 0.360 e. The van der Waals surface area contributed by atoms with Gasteiger partial charge in [0.25, 0.3) is 5.91 Å². The maximum absolute atomic E-state index is 12.6. The molecule has 1 amide bonds. The zero-order valence-electron chi connectivity index (χ0n) is 13.9. The van der Waals surface area contributed by atoms with Crippen LogP contribution in [0.3, 0.4) is 0 Å². The molecule has 0 spiro atoms. The summed E-state index contributed by atoms with van der Waals surface area (Å²) in [6.45, 7) is 5.90. The van der Waals surface area contributed by atoms with E-state index in [1.807, 2.05) is 11.0 Å². The minimum absolute atomic E-state index is 0.0288. The first-order valence-corrected chi connectivity index (χ1v) is 8.89. The average Bonchev–Trinajstić information content (AvgIpc) is 3.32. The van der Waals surface area contributed by atoms with E-state index in [-0.39, 0.29) is 5.91 Å². The Morgan fingerprint density at radius 1 is 1.17 bits per heavy atom. The smallest absolute Gasteiger partial charge is 0.276 e. The first-order valence-electron chi connectivity index (χ1n) is 8.89. The van der Waals surface area contributed by atoms with Gasteiger partial charge in [-0.2, -0.15) is 0 Å². The normalized spacial score (nSPS) is 27.3. The van der Waals surface area contributed by atoms with Crippen LogP contribution in [0.25, 0.3) is 0 Å². The van der Waals surface area contributed by atoms with Gasteiger partial charge in [-0.05, 0) is 39.3 Å². The molecule has 23 heavy (non-hydrogen) atoms. The fourth-order valence-corrected chi connectivity index (χ4v) is 3.84. The second-order valence-electron chi connectivity index (χ2n) is 7.28. The van der Waals surface area contributed by atoms with Crippen molar-refractivity contribution in [1.82, 2.24) is 19.9 Å². The summed E-state index contributed by atoms with van der Waals surface area (Å²) in [7, 11) is 2.20. The molecule has 0 unspecified atom stereocenters. The third kappa shape index (κ3) is 3.28. The van der Waals surface area contributed by atoms with Gasteiger partial charge in [-0.3, -0.25) is 9.69 Å². The number of carbonyl (C=O) groups is 1. The third-order valence-corrected chi connectivity index (χ3v) is 5.44. The fraction of sp³-hybridized carbons (Fsp3) is 0.765. The number of piperazine rings is 1. The Labute approximate surface area is 137 Å². The zero-order chi connectivity index (χ0) is 15.8. The van der Waals surface area contributed by atoms with Crippen LogP contribution in [0.4, 0.5) is 0 Å². The van der Waals surface area contributed by atoms with Gasteiger partial charge in [0.1, 0.15) is 5.76 Å². The van der Waals surface area contributed by atoms with Crippen LogP contribution in [0, 0.1) is 0 Å². The van der Waals surface area contributed by atoms with Gasteiger partial charge in [-0.15, -0.1) is 0 Å². The minimum atomic E-state index is 0.0288. The number of nitrogens with zero attached hydrogens (tertiary/aromatic N) is 4. The van der Waals surface area contributed by atoms with Crippen LogP contribution in [0.2, 0.25) is 0 Å². The van der Waals surface area contributed by atoms with Gasteiger partial charge in [0, 0.05) is 50.7 Å². The molecule has 6 heteroatoms. The van der Waals surface area contributed by atoms with E-state index in [2.05, 4.69) is 22.0 Å². The van der Waals surface area contributed by atoms with Crippen molar-refractivity contribution in [3.63, 3.8) is 0 Å². The van der Waals surface area contributed by atoms with E-state index in [1.54, 1.807) is 0 Å². The lowest BCUT2D eigenvalue weighted by atomic mass is 10.0. The second-order valence-corrected chi connectivity index (χ2v) is 7.28. The highest BCUT2D eigenvalue weighted by Gasteiger charge is 2.32. The van der Waals surface area contributed by atoms with Crippen molar-refractivity contribution in [3.05, 3.63) is 17.5 Å². The Bertz CT molecular complexity index is 561. The predicted molar refractivity (Wildman–Crippen MR) is 86.5 cm³/mol. The standard InChI is InChI=1S/C17H26N4O2/c1-19-6-2-3-14(12-19)20-7-9-21(10-8-20)17(22)15-11-16(23-18-15)13-4-5-13/h11,13-14H,2-10,12H2,1H3/t14-/m0/s1. The van der Waals surface area contributed by atoms with E-state index in [4.69, 9.17) is 4.52 Å². The summed E-state index contributed by atoms with van der Waals surface area (Å²) in [5.74, 6) is 1.42. The highest BCUT2D eigenvalue weighted by molar-refractivity contribution is 5.92. The van der Waals surface area contributed by atoms with Gasteiger partial charge >= 0.3 is 0 Å². The van der Waals surface area contributed by atoms with Crippen molar-refractivity contribution in [2.75, 3.05) is 46.3 Å². The summed E-state index contributed by atoms with van der Waals surface area (Å²) in [6.07, 6.45) is 4.89. The molecule has 2 saturated heterocycles. The van der Waals surface area contributed by atoms with Crippen molar-refractivity contribution in [1.29, 1.82) is 0 Å². The van der Waals surface area contributed by atoms with Crippen LogP contribution in [0.5, 0.6) is 0 Å². The topological polar surface area (TPSA) is 52.8 Å². The summed E-state index contributed by atoms with van der Waals surface area (Å²) < 4.78 is 5.32. The lowest BCUT2D eigenvalue weighted by Crippen LogP contribution is -2.55. The number of piperidine rings is 1. The molecule has 0 aromatic carbocycles. The molecule has 126 valence electrons. The third-order valence-electron chi connectivity index (χ3n) is 5.44. The fourth-order valence-electron chi connectivity index (χ4n) is 3.84. The predicted octanol–water partition coefficient (Wildman–Crippen LogP) is 1.40. The molecule has 2 aliphatic heterocycles. The lowest BCUT2D eigenvalue weighted by Gasteiger charge is -2.42. The maximum Gasteiger partial charge on any atom is 0.276 e. The molecule has 1 saturated carbocycles. The van der Waals surface area contributed by atoms with E-state index in [1.165, 1.54) is 19.4 Å². The Morgan fingerprint density at radius 3 is 2.65 bits per heavy atom. The Morgan fingerprint density at radius 2 is 1.96 bits per heavy atom. The number of aromatic nitrogens is 1. The minimum Gasteiger partial charge on any atom is -0.360 e. The van der Waals surface area contributed by atoms with Crippen LogP contribution in [-0.2, 0) is 0 Å². The van der Waals surface area contributed by atoms with E-state index in [9.17, 15) is 4.79 Å². The summed E-state index contributed by atoms with van der Waals surface area (Å²) in [5.41, 5.74) is 0.484. The summed E-state index contributed by atoms with van der Waals surface area (Å²) in [4.78, 5) is 19.5. The van der Waals surface area contributed by atoms with E-state index in [0.29, 0.717) is 17.7 Å². The molecule has 0 radical (unpaired) electrons. The van der Waals surface area contributed by atoms with Crippen LogP contribution < -0.4 is 0 Å².